The van der Waals surface area contributed by atoms with Gasteiger partial charge in [0, 0.05) is 33.4 Å². The fourth-order valence-corrected chi connectivity index (χ4v) is 1.07. The van der Waals surface area contributed by atoms with Crippen molar-refractivity contribution in [2.75, 3.05) is 27.7 Å². The summed E-state index contributed by atoms with van der Waals surface area (Å²) in [5.74, 6) is 0. The first-order valence-electron chi connectivity index (χ1n) is 3.88. The molecule has 0 aromatic carbocycles. The van der Waals surface area contributed by atoms with Gasteiger partial charge in [0.1, 0.15) is 0 Å². The van der Waals surface area contributed by atoms with Crippen molar-refractivity contribution in [3.05, 3.63) is 23.4 Å². The molecule has 2 nitrogen and oxygen atoms in total. The highest BCUT2D eigenvalue weighted by atomic mass is 15.1. The second kappa shape index (κ2) is 3.03. The Morgan fingerprint density at radius 2 is 2.18 bits per heavy atom. The Bertz CT molecular complexity index is 206. The van der Waals surface area contributed by atoms with Crippen LogP contribution in [0.4, 0.5) is 0 Å². The molecule has 1 rings (SSSR count). The second-order valence-corrected chi connectivity index (χ2v) is 3.19. The Kier molecular flexibility index (Phi) is 2.27. The zero-order chi connectivity index (χ0) is 8.43. The average Bonchev–Trinajstić information content (AvgIpc) is 1.94. The van der Waals surface area contributed by atoms with E-state index in [0.29, 0.717) is 0 Å². The minimum atomic E-state index is 1.02. The third-order valence-corrected chi connectivity index (χ3v) is 2.05. The van der Waals surface area contributed by atoms with Gasteiger partial charge < -0.3 is 9.80 Å². The molecule has 0 radical (unpaired) electrons. The molecule has 0 aliphatic carbocycles. The van der Waals surface area contributed by atoms with Gasteiger partial charge in [-0.05, 0) is 17.7 Å². The number of nitrogens with zero attached hydrogens (tertiary/aromatic N) is 2. The van der Waals surface area contributed by atoms with Crippen molar-refractivity contribution in [2.45, 2.75) is 0 Å². The summed E-state index contributed by atoms with van der Waals surface area (Å²) >= 11 is 0. The minimum absolute atomic E-state index is 1.02. The molecule has 0 spiro atoms. The predicted octanol–water partition coefficient (Wildman–Crippen LogP) is -0.148. The molecule has 0 aromatic heterocycles. The molecule has 0 fully saturated rings. The van der Waals surface area contributed by atoms with Crippen molar-refractivity contribution in [1.29, 1.82) is 0 Å². The van der Waals surface area contributed by atoms with Crippen molar-refractivity contribution in [3.63, 3.8) is 0 Å². The van der Waals surface area contributed by atoms with Crippen LogP contribution in [0.15, 0.2) is 23.4 Å². The summed E-state index contributed by atoms with van der Waals surface area (Å²) in [5.41, 5.74) is 2.64. The third-order valence-electron chi connectivity index (χ3n) is 2.05. The van der Waals surface area contributed by atoms with Crippen LogP contribution in [0.3, 0.4) is 0 Å². The van der Waals surface area contributed by atoms with Crippen molar-refractivity contribution >= 4 is 7.85 Å². The molecule has 0 aromatic rings. The maximum absolute atomic E-state index is 2.23. The zero-order valence-electron chi connectivity index (χ0n) is 7.76. The molecule has 0 unspecified atom stereocenters. The maximum atomic E-state index is 2.23. The van der Waals surface area contributed by atoms with Gasteiger partial charge in [-0.25, -0.2) is 0 Å². The van der Waals surface area contributed by atoms with Crippen LogP contribution in [0.5, 0.6) is 0 Å². The number of rotatable bonds is 1. The van der Waals surface area contributed by atoms with Gasteiger partial charge in [0.05, 0.1) is 0 Å². The lowest BCUT2D eigenvalue weighted by molar-refractivity contribution is 0.456. The fourth-order valence-electron chi connectivity index (χ4n) is 1.07. The molecule has 3 heteroatoms. The number of hydrogen-bond acceptors (Lipinski definition) is 2. The molecule has 0 saturated carbocycles. The smallest absolute Gasteiger partial charge is 0.160 e. The van der Waals surface area contributed by atoms with Gasteiger partial charge in [0.2, 0.25) is 0 Å². The van der Waals surface area contributed by atoms with E-state index >= 15 is 0 Å². The van der Waals surface area contributed by atoms with Crippen LogP contribution in [0, 0.1) is 0 Å². The first kappa shape index (κ1) is 8.24. The Hall–Kier alpha value is -0.855. The van der Waals surface area contributed by atoms with Crippen LogP contribution < -0.4 is 0 Å². The fraction of sp³-hybridized carbons (Fsp3) is 0.500. The Morgan fingerprint density at radius 1 is 1.55 bits per heavy atom. The summed E-state index contributed by atoms with van der Waals surface area (Å²) in [7, 11) is 8.38. The lowest BCUT2D eigenvalue weighted by Crippen LogP contribution is -2.24. The lowest BCUT2D eigenvalue weighted by Gasteiger charge is -2.26. The SMILES string of the molecule is BC1=CC(N(C)C)=CCN1C. The maximum Gasteiger partial charge on any atom is 0.160 e. The van der Waals surface area contributed by atoms with E-state index in [0.717, 1.165) is 6.54 Å². The largest absolute Gasteiger partial charge is 0.383 e. The van der Waals surface area contributed by atoms with E-state index in [2.05, 4.69) is 50.9 Å². The van der Waals surface area contributed by atoms with E-state index in [1.54, 1.807) is 0 Å². The van der Waals surface area contributed by atoms with Gasteiger partial charge in [-0.15, -0.1) is 0 Å². The summed E-state index contributed by atoms with van der Waals surface area (Å²) < 4.78 is 0. The summed E-state index contributed by atoms with van der Waals surface area (Å²) in [6, 6.07) is 0. The van der Waals surface area contributed by atoms with Gasteiger partial charge >= 0.3 is 0 Å². The highest BCUT2D eigenvalue weighted by molar-refractivity contribution is 6.21. The van der Waals surface area contributed by atoms with Crippen LogP contribution in [-0.4, -0.2) is 45.3 Å². The quantitative estimate of drug-likeness (QED) is 0.479. The highest BCUT2D eigenvalue weighted by Gasteiger charge is 2.06. The van der Waals surface area contributed by atoms with Crippen molar-refractivity contribution in [1.82, 2.24) is 9.80 Å². The average molecular weight is 150 g/mol. The molecule has 60 valence electrons. The van der Waals surface area contributed by atoms with Gasteiger partial charge in [-0.2, -0.15) is 0 Å². The summed E-state index contributed by atoms with van der Waals surface area (Å²) in [5, 5.41) is 0. The van der Waals surface area contributed by atoms with Crippen LogP contribution in [0.25, 0.3) is 0 Å². The predicted molar refractivity (Wildman–Crippen MR) is 51.0 cm³/mol. The first-order chi connectivity index (χ1) is 5.11. The van der Waals surface area contributed by atoms with E-state index < -0.39 is 0 Å². The van der Waals surface area contributed by atoms with E-state index in [9.17, 15) is 0 Å². The summed E-state index contributed by atoms with van der Waals surface area (Å²) in [6.07, 6.45) is 4.43. The van der Waals surface area contributed by atoms with E-state index in [-0.39, 0.29) is 0 Å². The molecular formula is C8H15BN2. The lowest BCUT2D eigenvalue weighted by atomic mass is 9.99. The molecule has 0 saturated heterocycles. The van der Waals surface area contributed by atoms with Gasteiger partial charge in [-0.3, -0.25) is 0 Å². The molecule has 1 aliphatic heterocycles. The van der Waals surface area contributed by atoms with E-state index in [4.69, 9.17) is 0 Å². The molecule has 0 bridgehead atoms. The van der Waals surface area contributed by atoms with Crippen LogP contribution >= 0.6 is 0 Å². The monoisotopic (exact) mass is 150 g/mol. The molecule has 0 N–H and O–H groups in total. The van der Waals surface area contributed by atoms with E-state index in [1.807, 2.05) is 0 Å². The van der Waals surface area contributed by atoms with E-state index in [1.165, 1.54) is 11.3 Å². The van der Waals surface area contributed by atoms with Crippen molar-refractivity contribution in [2.24, 2.45) is 0 Å². The summed E-state index contributed by atoms with van der Waals surface area (Å²) in [4.78, 5) is 4.36. The van der Waals surface area contributed by atoms with Crippen LogP contribution in [0.1, 0.15) is 0 Å². The molecular weight excluding hydrogens is 135 g/mol. The number of likely N-dealkylation sites (N-methyl/N-ethyl adjacent to an activating group) is 2. The zero-order valence-corrected chi connectivity index (χ0v) is 7.76. The topological polar surface area (TPSA) is 6.48 Å². The van der Waals surface area contributed by atoms with Gasteiger partial charge in [0.15, 0.2) is 7.85 Å². The number of hydrogen-bond donors (Lipinski definition) is 0. The standard InChI is InChI=1S/C8H15BN2/c1-10(2)7-4-5-11(3)8(9)6-7/h4,6H,5,9H2,1-3H3. The van der Waals surface area contributed by atoms with Crippen LogP contribution in [-0.2, 0) is 0 Å². The summed E-state index contributed by atoms with van der Waals surface area (Å²) in [6.45, 7) is 1.02. The van der Waals surface area contributed by atoms with Gasteiger partial charge in [0.25, 0.3) is 0 Å². The molecule has 1 aliphatic rings. The van der Waals surface area contributed by atoms with Gasteiger partial charge in [-0.1, -0.05) is 0 Å². The van der Waals surface area contributed by atoms with Crippen LogP contribution in [0.2, 0.25) is 0 Å². The second-order valence-electron chi connectivity index (χ2n) is 3.19. The molecule has 11 heavy (non-hydrogen) atoms. The number of allylic oxidation sites excluding steroid dienone is 1. The molecule has 0 amide bonds. The minimum Gasteiger partial charge on any atom is -0.383 e. The normalized spacial score (nSPS) is 17.5. The Labute approximate surface area is 69.6 Å². The third kappa shape index (κ3) is 1.79. The Morgan fingerprint density at radius 3 is 2.64 bits per heavy atom. The van der Waals surface area contributed by atoms with Crippen molar-refractivity contribution in [3.8, 4) is 0 Å². The first-order valence-corrected chi connectivity index (χ1v) is 3.88. The molecule has 1 heterocycles. The Balaban J connectivity index is 2.74. The highest BCUT2D eigenvalue weighted by Crippen LogP contribution is 2.11. The molecule has 0 atom stereocenters. The van der Waals surface area contributed by atoms with Crippen molar-refractivity contribution < 1.29 is 0 Å².